The molecule has 0 saturated heterocycles. The summed E-state index contributed by atoms with van der Waals surface area (Å²) in [5.41, 5.74) is 25.6. The average molecular weight is 847 g/mol. The van der Waals surface area contributed by atoms with Crippen LogP contribution in [0.5, 0.6) is 0 Å². The van der Waals surface area contributed by atoms with Crippen LogP contribution in [0.3, 0.4) is 0 Å². The quantitative estimate of drug-likeness (QED) is 0.155. The van der Waals surface area contributed by atoms with Gasteiger partial charge in [0.2, 0.25) is 0 Å². The number of hydrogen-bond acceptors (Lipinski definition) is 0. The molecule has 0 fully saturated rings. The predicted molar refractivity (Wildman–Crippen MR) is 283 cm³/mol. The SMILES string of the molecule is Cc1c2ccc(-c3ccc4c5c(cccc35)-c3ccccc3-4)cc2c(C)c2cc(C3(c4cccc(-c5ccc6c7c(cccc57)-c5ccccc5-6)c4)c4ccccc4-c4ccccc43)ccc12. The Bertz CT molecular complexity index is 4070. The van der Waals surface area contributed by atoms with E-state index in [4.69, 9.17) is 0 Å². The van der Waals surface area contributed by atoms with Crippen LogP contribution in [0, 0.1) is 13.8 Å². The maximum absolute atomic E-state index is 2.54. The molecule has 0 bridgehead atoms. The Labute approximate surface area is 390 Å². The lowest BCUT2D eigenvalue weighted by Gasteiger charge is -2.34. The van der Waals surface area contributed by atoms with E-state index >= 15 is 0 Å². The van der Waals surface area contributed by atoms with Crippen LogP contribution in [0.25, 0.3) is 121 Å². The third-order valence-electron chi connectivity index (χ3n) is 16.1. The van der Waals surface area contributed by atoms with E-state index in [2.05, 4.69) is 232 Å². The van der Waals surface area contributed by atoms with E-state index in [1.807, 2.05) is 0 Å². The Morgan fingerprint density at radius 2 is 0.642 bits per heavy atom. The van der Waals surface area contributed by atoms with Gasteiger partial charge in [-0.2, -0.15) is 0 Å². The highest BCUT2D eigenvalue weighted by molar-refractivity contribution is 6.20. The van der Waals surface area contributed by atoms with Crippen LogP contribution < -0.4 is 0 Å². The Morgan fingerprint density at radius 3 is 1.21 bits per heavy atom. The van der Waals surface area contributed by atoms with Crippen LogP contribution in [0.15, 0.2) is 218 Å². The molecule has 0 nitrogen and oxygen atoms in total. The van der Waals surface area contributed by atoms with Gasteiger partial charge in [-0.3, -0.25) is 0 Å². The summed E-state index contributed by atoms with van der Waals surface area (Å²) in [6.07, 6.45) is 0. The fraction of sp³-hybridized carbons (Fsp3) is 0.0448. The Hall–Kier alpha value is -8.32. The Morgan fingerprint density at radius 1 is 0.239 bits per heavy atom. The van der Waals surface area contributed by atoms with E-state index in [0.29, 0.717) is 0 Å². The topological polar surface area (TPSA) is 0 Å². The number of hydrogen-bond donors (Lipinski definition) is 0. The number of aryl methyl sites for hydroxylation is 2. The highest BCUT2D eigenvalue weighted by Gasteiger charge is 2.46. The molecule has 0 atom stereocenters. The summed E-state index contributed by atoms with van der Waals surface area (Å²) < 4.78 is 0. The fourth-order valence-electron chi connectivity index (χ4n) is 13.1. The summed E-state index contributed by atoms with van der Waals surface area (Å²) in [5, 5.41) is 10.6. The van der Waals surface area contributed by atoms with Gasteiger partial charge >= 0.3 is 0 Å². The third-order valence-corrected chi connectivity index (χ3v) is 16.1. The van der Waals surface area contributed by atoms with Crippen LogP contribution in [0.1, 0.15) is 33.4 Å². The van der Waals surface area contributed by atoms with E-state index in [9.17, 15) is 0 Å². The molecule has 0 heteroatoms. The molecular formula is C67H42. The molecule has 0 saturated carbocycles. The molecule has 15 rings (SSSR count). The highest BCUT2D eigenvalue weighted by atomic mass is 14.5. The minimum Gasteiger partial charge on any atom is -0.0619 e. The Balaban J connectivity index is 0.948. The molecule has 310 valence electrons. The fourth-order valence-corrected chi connectivity index (χ4v) is 13.1. The summed E-state index contributed by atoms with van der Waals surface area (Å²) in [6.45, 7) is 4.66. The van der Waals surface area contributed by atoms with Gasteiger partial charge in [-0.15, -0.1) is 0 Å². The zero-order valence-electron chi connectivity index (χ0n) is 37.3. The molecule has 0 spiro atoms. The van der Waals surface area contributed by atoms with E-state index in [0.717, 1.165) is 0 Å². The first-order valence-electron chi connectivity index (χ1n) is 23.7. The molecule has 3 aliphatic rings. The monoisotopic (exact) mass is 846 g/mol. The normalized spacial score (nSPS) is 13.3. The zero-order valence-corrected chi connectivity index (χ0v) is 37.3. The van der Waals surface area contributed by atoms with Gasteiger partial charge in [-0.25, -0.2) is 0 Å². The van der Waals surface area contributed by atoms with Gasteiger partial charge in [0.1, 0.15) is 0 Å². The van der Waals surface area contributed by atoms with Crippen molar-refractivity contribution >= 4 is 43.1 Å². The van der Waals surface area contributed by atoms with Crippen molar-refractivity contribution in [1.29, 1.82) is 0 Å². The van der Waals surface area contributed by atoms with Gasteiger partial charge in [0, 0.05) is 0 Å². The zero-order chi connectivity index (χ0) is 44.1. The van der Waals surface area contributed by atoms with E-state index in [1.165, 1.54) is 154 Å². The first-order valence-corrected chi connectivity index (χ1v) is 23.7. The lowest BCUT2D eigenvalue weighted by Crippen LogP contribution is -2.28. The van der Waals surface area contributed by atoms with Crippen LogP contribution in [0.4, 0.5) is 0 Å². The minimum atomic E-state index is -0.554. The molecule has 0 aliphatic heterocycles. The molecule has 12 aromatic rings. The van der Waals surface area contributed by atoms with Crippen LogP contribution >= 0.6 is 0 Å². The second-order valence-corrected chi connectivity index (χ2v) is 19.1. The van der Waals surface area contributed by atoms with Crippen molar-refractivity contribution in [3.05, 3.63) is 252 Å². The molecule has 0 amide bonds. The summed E-state index contributed by atoms with van der Waals surface area (Å²) >= 11 is 0. The summed E-state index contributed by atoms with van der Waals surface area (Å²) in [5.74, 6) is 0. The summed E-state index contributed by atoms with van der Waals surface area (Å²) in [7, 11) is 0. The molecule has 0 unspecified atom stereocenters. The van der Waals surface area contributed by atoms with E-state index in [1.54, 1.807) is 0 Å². The van der Waals surface area contributed by atoms with Gasteiger partial charge < -0.3 is 0 Å². The van der Waals surface area contributed by atoms with E-state index in [-0.39, 0.29) is 0 Å². The maximum atomic E-state index is 2.54. The van der Waals surface area contributed by atoms with Crippen molar-refractivity contribution in [1.82, 2.24) is 0 Å². The minimum absolute atomic E-state index is 0.554. The van der Waals surface area contributed by atoms with Crippen LogP contribution in [-0.2, 0) is 5.41 Å². The summed E-state index contributed by atoms with van der Waals surface area (Å²) in [6, 6.07) is 83.1. The van der Waals surface area contributed by atoms with Crippen LogP contribution in [-0.4, -0.2) is 0 Å². The summed E-state index contributed by atoms with van der Waals surface area (Å²) in [4.78, 5) is 0. The van der Waals surface area contributed by atoms with Crippen LogP contribution in [0.2, 0.25) is 0 Å². The Kier molecular flexibility index (Phi) is 7.38. The van der Waals surface area contributed by atoms with Crippen molar-refractivity contribution in [2.75, 3.05) is 0 Å². The van der Waals surface area contributed by atoms with Gasteiger partial charge in [-0.05, 0) is 186 Å². The molecule has 0 N–H and O–H groups in total. The largest absolute Gasteiger partial charge is 0.0714 e. The van der Waals surface area contributed by atoms with Crippen molar-refractivity contribution < 1.29 is 0 Å². The van der Waals surface area contributed by atoms with Crippen molar-refractivity contribution in [2.24, 2.45) is 0 Å². The van der Waals surface area contributed by atoms with Gasteiger partial charge in [-0.1, -0.05) is 200 Å². The smallest absolute Gasteiger partial charge is 0.0619 e. The number of fused-ring (bicyclic) bond motifs is 11. The van der Waals surface area contributed by atoms with Gasteiger partial charge in [0.05, 0.1) is 5.41 Å². The molecular weight excluding hydrogens is 805 g/mol. The second kappa shape index (κ2) is 13.4. The number of rotatable bonds is 4. The van der Waals surface area contributed by atoms with Crippen molar-refractivity contribution in [3.8, 4) is 77.9 Å². The first-order chi connectivity index (χ1) is 33.1. The predicted octanol–water partition coefficient (Wildman–Crippen LogP) is 17.9. The molecule has 12 aromatic carbocycles. The molecule has 67 heavy (non-hydrogen) atoms. The standard InChI is InChI=1S/C67H42/c1-39-45-30-28-42(48-33-35-60-52-19-6-4-17-50(52)58-25-13-23-56(48)66(58)60)37-61(45)40(2)62-38-44(29-31-46(39)62)67(63-26-9-7-20-53(63)54-21-8-10-27-64(54)67)43-15-11-14-41(36-43)47-32-34-59-51-18-5-3-16-49(51)57-24-12-22-55(47)65(57)59/h3-38H,1-2H3. The molecule has 0 aromatic heterocycles. The molecule has 0 heterocycles. The average Bonchev–Trinajstić information content (AvgIpc) is 4.01. The van der Waals surface area contributed by atoms with Crippen molar-refractivity contribution in [2.45, 2.75) is 19.3 Å². The number of benzene rings is 12. The lowest BCUT2D eigenvalue weighted by atomic mass is 9.67. The van der Waals surface area contributed by atoms with Crippen molar-refractivity contribution in [3.63, 3.8) is 0 Å². The third kappa shape index (κ3) is 4.77. The van der Waals surface area contributed by atoms with Gasteiger partial charge in [0.15, 0.2) is 0 Å². The first kappa shape index (κ1) is 37.0. The van der Waals surface area contributed by atoms with Gasteiger partial charge in [0.25, 0.3) is 0 Å². The maximum Gasteiger partial charge on any atom is 0.0714 e. The lowest BCUT2D eigenvalue weighted by molar-refractivity contribution is 0.770. The molecule has 3 aliphatic carbocycles. The second-order valence-electron chi connectivity index (χ2n) is 19.1. The molecule has 0 radical (unpaired) electrons. The highest BCUT2D eigenvalue weighted by Crippen LogP contribution is 2.58. The van der Waals surface area contributed by atoms with E-state index < -0.39 is 5.41 Å².